The van der Waals surface area contributed by atoms with Crippen molar-refractivity contribution in [2.75, 3.05) is 5.32 Å². The first kappa shape index (κ1) is 15.3. The molecule has 1 heterocycles. The van der Waals surface area contributed by atoms with Crippen LogP contribution in [0.5, 0.6) is 0 Å². The lowest BCUT2D eigenvalue weighted by atomic mass is 10.1. The fourth-order valence-electron chi connectivity index (χ4n) is 2.01. The van der Waals surface area contributed by atoms with Crippen molar-refractivity contribution >= 4 is 11.4 Å². The van der Waals surface area contributed by atoms with Crippen LogP contribution in [0, 0.1) is 10.1 Å². The normalized spacial score (nSPS) is 14.7. The molecule has 3 rings (SSSR count). The lowest BCUT2D eigenvalue weighted by Gasteiger charge is -2.09. The summed E-state index contributed by atoms with van der Waals surface area (Å²) in [4.78, 5) is 10.1. The van der Waals surface area contributed by atoms with Gasteiger partial charge in [0.15, 0.2) is 0 Å². The lowest BCUT2D eigenvalue weighted by molar-refractivity contribution is -0.384. The maximum absolute atomic E-state index is 12.6. The molecule has 1 aliphatic rings. The van der Waals surface area contributed by atoms with E-state index in [9.17, 15) is 23.3 Å². The fourth-order valence-corrected chi connectivity index (χ4v) is 2.01. The van der Waals surface area contributed by atoms with Gasteiger partial charge in [0.05, 0.1) is 17.0 Å². The quantitative estimate of drug-likeness (QED) is 0.667. The Labute approximate surface area is 127 Å². The lowest BCUT2D eigenvalue weighted by Crippen LogP contribution is -2.08. The van der Waals surface area contributed by atoms with E-state index in [2.05, 4.69) is 15.5 Å². The van der Waals surface area contributed by atoms with E-state index < -0.39 is 22.4 Å². The molecule has 1 saturated carbocycles. The molecule has 2 aromatic rings. The summed E-state index contributed by atoms with van der Waals surface area (Å²) in [6, 6.07) is 2.28. The monoisotopic (exact) mass is 328 g/mol. The number of nitro groups is 1. The van der Waals surface area contributed by atoms with Crippen LogP contribution in [0.1, 0.15) is 36.1 Å². The third-order valence-corrected chi connectivity index (χ3v) is 3.36. The summed E-state index contributed by atoms with van der Waals surface area (Å²) in [6.45, 7) is -0.00801. The van der Waals surface area contributed by atoms with Gasteiger partial charge >= 0.3 is 6.18 Å². The molecule has 0 spiro atoms. The van der Waals surface area contributed by atoms with Crippen LogP contribution in [0.25, 0.3) is 0 Å². The van der Waals surface area contributed by atoms with Crippen molar-refractivity contribution in [3.8, 4) is 0 Å². The van der Waals surface area contributed by atoms with Gasteiger partial charge in [0.1, 0.15) is 5.69 Å². The predicted molar refractivity (Wildman–Crippen MR) is 71.7 cm³/mol. The number of hydrogen-bond donors (Lipinski definition) is 1. The third-order valence-electron chi connectivity index (χ3n) is 3.36. The standard InChI is InChI=1S/C13H11F3N4O3/c14-13(15,16)8-3-4-9(10(5-8)20(21)22)17-6-11-18-19-12(23-11)7-1-2-7/h3-5,7,17H,1-2,6H2. The highest BCUT2D eigenvalue weighted by Crippen LogP contribution is 2.39. The van der Waals surface area contributed by atoms with Gasteiger partial charge in [-0.05, 0) is 25.0 Å². The number of hydrogen-bond acceptors (Lipinski definition) is 6. The number of rotatable bonds is 5. The average molecular weight is 328 g/mol. The number of nitrogens with one attached hydrogen (secondary N) is 1. The number of aromatic nitrogens is 2. The minimum absolute atomic E-state index is 0.00801. The summed E-state index contributed by atoms with van der Waals surface area (Å²) < 4.78 is 43.2. The molecule has 0 atom stereocenters. The zero-order chi connectivity index (χ0) is 16.6. The third kappa shape index (κ3) is 3.41. The van der Waals surface area contributed by atoms with Crippen molar-refractivity contribution in [3.63, 3.8) is 0 Å². The van der Waals surface area contributed by atoms with E-state index in [0.29, 0.717) is 12.0 Å². The number of benzene rings is 1. The first-order chi connectivity index (χ1) is 10.8. The molecule has 1 N–H and O–H groups in total. The Bertz CT molecular complexity index is 740. The number of anilines is 1. The molecule has 1 fully saturated rings. The predicted octanol–water partition coefficient (Wildman–Crippen LogP) is 3.49. The number of halogens is 3. The molecular weight excluding hydrogens is 317 g/mol. The molecule has 1 aromatic carbocycles. The Hall–Kier alpha value is -2.65. The average Bonchev–Trinajstić information content (AvgIpc) is 3.23. The van der Waals surface area contributed by atoms with Crippen molar-refractivity contribution in [1.29, 1.82) is 0 Å². The van der Waals surface area contributed by atoms with E-state index in [1.54, 1.807) is 0 Å². The Morgan fingerprint density at radius 3 is 2.70 bits per heavy atom. The highest BCUT2D eigenvalue weighted by Gasteiger charge is 2.33. The second-order valence-corrected chi connectivity index (χ2v) is 5.15. The van der Waals surface area contributed by atoms with Crippen LogP contribution in [0.15, 0.2) is 22.6 Å². The molecule has 0 unspecified atom stereocenters. The Balaban J connectivity index is 1.76. The fraction of sp³-hybridized carbons (Fsp3) is 0.385. The SMILES string of the molecule is O=[N+]([O-])c1cc(C(F)(F)F)ccc1NCc1nnc(C2CC2)o1. The number of nitro benzene ring substituents is 1. The van der Waals surface area contributed by atoms with Crippen LogP contribution in [-0.2, 0) is 12.7 Å². The molecule has 1 aliphatic carbocycles. The Morgan fingerprint density at radius 1 is 1.35 bits per heavy atom. The highest BCUT2D eigenvalue weighted by atomic mass is 19.4. The first-order valence-electron chi connectivity index (χ1n) is 6.76. The van der Waals surface area contributed by atoms with Crippen molar-refractivity contribution < 1.29 is 22.5 Å². The summed E-state index contributed by atoms with van der Waals surface area (Å²) in [5.74, 6) is 1.02. The molecule has 10 heteroatoms. The molecule has 7 nitrogen and oxygen atoms in total. The van der Waals surface area contributed by atoms with Gasteiger partial charge in [-0.25, -0.2) is 0 Å². The molecule has 23 heavy (non-hydrogen) atoms. The summed E-state index contributed by atoms with van der Waals surface area (Å²) in [7, 11) is 0. The Morgan fingerprint density at radius 2 is 2.09 bits per heavy atom. The van der Waals surface area contributed by atoms with E-state index in [1.807, 2.05) is 0 Å². The van der Waals surface area contributed by atoms with E-state index in [1.165, 1.54) is 0 Å². The number of alkyl halides is 3. The van der Waals surface area contributed by atoms with Gasteiger partial charge in [0.2, 0.25) is 11.8 Å². The summed E-state index contributed by atoms with van der Waals surface area (Å²) in [5.41, 5.74) is -1.79. The molecule has 0 radical (unpaired) electrons. The Kier molecular flexibility index (Phi) is 3.66. The van der Waals surface area contributed by atoms with E-state index in [0.717, 1.165) is 25.0 Å². The van der Waals surface area contributed by atoms with Crippen molar-refractivity contribution in [1.82, 2.24) is 10.2 Å². The van der Waals surface area contributed by atoms with Crippen LogP contribution in [-0.4, -0.2) is 15.1 Å². The summed E-state index contributed by atoms with van der Waals surface area (Å²) in [6.07, 6.45) is -2.67. The molecular formula is C13H11F3N4O3. The maximum atomic E-state index is 12.6. The molecule has 122 valence electrons. The van der Waals surface area contributed by atoms with Gasteiger partial charge in [-0.1, -0.05) is 0 Å². The minimum Gasteiger partial charge on any atom is -0.423 e. The van der Waals surface area contributed by atoms with Crippen molar-refractivity contribution in [2.24, 2.45) is 0 Å². The van der Waals surface area contributed by atoms with Crippen LogP contribution in [0.2, 0.25) is 0 Å². The highest BCUT2D eigenvalue weighted by molar-refractivity contribution is 5.62. The molecule has 1 aromatic heterocycles. The van der Waals surface area contributed by atoms with Gasteiger partial charge in [-0.3, -0.25) is 10.1 Å². The van der Waals surface area contributed by atoms with Crippen LogP contribution >= 0.6 is 0 Å². The largest absolute Gasteiger partial charge is 0.423 e. The summed E-state index contributed by atoms with van der Waals surface area (Å²) in [5, 5.41) is 21.3. The molecule has 0 aliphatic heterocycles. The maximum Gasteiger partial charge on any atom is 0.416 e. The van der Waals surface area contributed by atoms with E-state index >= 15 is 0 Å². The molecule has 0 saturated heterocycles. The van der Waals surface area contributed by atoms with Crippen LogP contribution in [0.4, 0.5) is 24.5 Å². The van der Waals surface area contributed by atoms with Gasteiger partial charge in [-0.2, -0.15) is 13.2 Å². The van der Waals surface area contributed by atoms with Crippen molar-refractivity contribution in [2.45, 2.75) is 31.5 Å². The first-order valence-corrected chi connectivity index (χ1v) is 6.76. The molecule has 0 bridgehead atoms. The summed E-state index contributed by atoms with van der Waals surface area (Å²) >= 11 is 0. The zero-order valence-electron chi connectivity index (χ0n) is 11.6. The molecule has 0 amide bonds. The van der Waals surface area contributed by atoms with Gasteiger partial charge in [-0.15, -0.1) is 10.2 Å². The van der Waals surface area contributed by atoms with Gasteiger partial charge in [0.25, 0.3) is 5.69 Å². The second-order valence-electron chi connectivity index (χ2n) is 5.15. The topological polar surface area (TPSA) is 94.1 Å². The minimum atomic E-state index is -4.64. The van der Waals surface area contributed by atoms with Crippen LogP contribution in [0.3, 0.4) is 0 Å². The van der Waals surface area contributed by atoms with E-state index in [-0.39, 0.29) is 24.0 Å². The van der Waals surface area contributed by atoms with Crippen LogP contribution < -0.4 is 5.32 Å². The smallest absolute Gasteiger partial charge is 0.416 e. The zero-order valence-corrected chi connectivity index (χ0v) is 11.6. The van der Waals surface area contributed by atoms with Crippen molar-refractivity contribution in [3.05, 3.63) is 45.7 Å². The van der Waals surface area contributed by atoms with Gasteiger partial charge in [0, 0.05) is 12.0 Å². The second kappa shape index (κ2) is 5.52. The van der Waals surface area contributed by atoms with Gasteiger partial charge < -0.3 is 9.73 Å². The number of nitrogens with zero attached hydrogens (tertiary/aromatic N) is 3. The van der Waals surface area contributed by atoms with E-state index in [4.69, 9.17) is 4.42 Å².